The lowest BCUT2D eigenvalue weighted by Crippen LogP contribution is -2.47. The number of hydrogen-bond donors (Lipinski definition) is 3. The van der Waals surface area contributed by atoms with Gasteiger partial charge < -0.3 is 20.5 Å². The Labute approximate surface area is 126 Å². The van der Waals surface area contributed by atoms with Crippen LogP contribution in [0.2, 0.25) is 0 Å². The highest BCUT2D eigenvalue weighted by molar-refractivity contribution is 5.82. The van der Waals surface area contributed by atoms with Crippen LogP contribution >= 0.6 is 0 Å². The maximum Gasteiger partial charge on any atom is 0.326 e. The van der Waals surface area contributed by atoms with Crippen molar-refractivity contribution in [3.63, 3.8) is 0 Å². The lowest BCUT2D eigenvalue weighted by Gasteiger charge is -2.26. The monoisotopic (exact) mass is 301 g/mol. The van der Waals surface area contributed by atoms with Crippen LogP contribution < -0.4 is 10.6 Å². The van der Waals surface area contributed by atoms with E-state index < -0.39 is 18.0 Å². The van der Waals surface area contributed by atoms with Crippen LogP contribution in [0, 0.1) is 5.92 Å². The summed E-state index contributed by atoms with van der Waals surface area (Å²) in [4.78, 5) is 25.0. The molecule has 0 aromatic rings. The molecule has 1 saturated heterocycles. The molecular weight excluding hydrogens is 274 g/mol. The predicted molar refractivity (Wildman–Crippen MR) is 79.3 cm³/mol. The van der Waals surface area contributed by atoms with Crippen molar-refractivity contribution in [1.29, 1.82) is 0 Å². The van der Waals surface area contributed by atoms with E-state index in [9.17, 15) is 9.59 Å². The highest BCUT2D eigenvalue weighted by Gasteiger charge is 2.20. The third-order valence-electron chi connectivity index (χ3n) is 3.35. The molecule has 7 nitrogen and oxygen atoms in total. The van der Waals surface area contributed by atoms with Crippen LogP contribution in [0.3, 0.4) is 0 Å². The lowest BCUT2D eigenvalue weighted by atomic mass is 10.0. The second kappa shape index (κ2) is 9.57. The Morgan fingerprint density at radius 1 is 1.29 bits per heavy atom. The van der Waals surface area contributed by atoms with Crippen LogP contribution in [0.15, 0.2) is 0 Å². The van der Waals surface area contributed by atoms with E-state index in [1.807, 2.05) is 13.8 Å². The number of rotatable bonds is 8. The molecule has 0 unspecified atom stereocenters. The van der Waals surface area contributed by atoms with Crippen LogP contribution in [-0.4, -0.2) is 67.4 Å². The molecule has 0 radical (unpaired) electrons. The zero-order valence-corrected chi connectivity index (χ0v) is 12.9. The van der Waals surface area contributed by atoms with E-state index in [-0.39, 0.29) is 5.92 Å². The third kappa shape index (κ3) is 7.87. The maximum absolute atomic E-state index is 11.7. The van der Waals surface area contributed by atoms with Crippen LogP contribution in [0.5, 0.6) is 0 Å². The zero-order chi connectivity index (χ0) is 15.7. The molecule has 122 valence electrons. The topological polar surface area (TPSA) is 90.9 Å². The van der Waals surface area contributed by atoms with Gasteiger partial charge in [0.1, 0.15) is 6.04 Å². The van der Waals surface area contributed by atoms with E-state index in [1.165, 1.54) is 0 Å². The van der Waals surface area contributed by atoms with Crippen molar-refractivity contribution >= 4 is 12.0 Å². The van der Waals surface area contributed by atoms with Crippen molar-refractivity contribution in [1.82, 2.24) is 15.5 Å². The normalized spacial score (nSPS) is 17.5. The molecule has 0 aromatic heterocycles. The van der Waals surface area contributed by atoms with Gasteiger partial charge in [0.2, 0.25) is 0 Å². The number of aliphatic carboxylic acids is 1. The second-order valence-electron chi connectivity index (χ2n) is 5.73. The Kier molecular flexibility index (Phi) is 8.07. The fourth-order valence-electron chi connectivity index (χ4n) is 2.23. The number of carbonyl (C=O) groups is 2. The quantitative estimate of drug-likeness (QED) is 0.568. The summed E-state index contributed by atoms with van der Waals surface area (Å²) in [6.45, 7) is 8.71. The molecule has 1 atom stereocenters. The van der Waals surface area contributed by atoms with Crippen molar-refractivity contribution in [3.05, 3.63) is 0 Å². The number of hydrogen-bond acceptors (Lipinski definition) is 4. The molecule has 21 heavy (non-hydrogen) atoms. The average molecular weight is 301 g/mol. The van der Waals surface area contributed by atoms with Crippen molar-refractivity contribution in [2.45, 2.75) is 32.7 Å². The summed E-state index contributed by atoms with van der Waals surface area (Å²) in [6.07, 6.45) is 1.27. The van der Waals surface area contributed by atoms with Crippen LogP contribution in [-0.2, 0) is 9.53 Å². The molecule has 0 bridgehead atoms. The van der Waals surface area contributed by atoms with Crippen molar-refractivity contribution in [2.24, 2.45) is 5.92 Å². The summed E-state index contributed by atoms with van der Waals surface area (Å²) in [7, 11) is 0. The molecule has 1 rings (SSSR count). The van der Waals surface area contributed by atoms with Crippen molar-refractivity contribution in [2.75, 3.05) is 39.4 Å². The van der Waals surface area contributed by atoms with E-state index >= 15 is 0 Å². The fourth-order valence-corrected chi connectivity index (χ4v) is 2.23. The summed E-state index contributed by atoms with van der Waals surface area (Å²) in [6, 6.07) is -1.24. The molecule has 1 heterocycles. The van der Waals surface area contributed by atoms with Crippen LogP contribution in [0.25, 0.3) is 0 Å². The highest BCUT2D eigenvalue weighted by Crippen LogP contribution is 2.04. The molecule has 2 amide bonds. The Hall–Kier alpha value is -1.34. The van der Waals surface area contributed by atoms with Gasteiger partial charge in [0.15, 0.2) is 0 Å². The van der Waals surface area contributed by atoms with E-state index in [2.05, 4.69) is 15.5 Å². The first-order valence-electron chi connectivity index (χ1n) is 7.56. The Morgan fingerprint density at radius 3 is 2.52 bits per heavy atom. The Balaban J connectivity index is 2.15. The molecule has 0 aromatic carbocycles. The molecular formula is C14H27N3O4. The van der Waals surface area contributed by atoms with Crippen LogP contribution in [0.4, 0.5) is 4.79 Å². The number of carbonyl (C=O) groups excluding carboxylic acids is 1. The zero-order valence-electron chi connectivity index (χ0n) is 12.9. The molecule has 0 saturated carbocycles. The molecule has 1 aliphatic heterocycles. The number of morpholine rings is 1. The van der Waals surface area contributed by atoms with Gasteiger partial charge in [0, 0.05) is 19.6 Å². The number of ether oxygens (including phenoxy) is 1. The van der Waals surface area contributed by atoms with Gasteiger partial charge in [-0.15, -0.1) is 0 Å². The Morgan fingerprint density at radius 2 is 1.95 bits per heavy atom. The fraction of sp³-hybridized carbons (Fsp3) is 0.857. The van der Waals surface area contributed by atoms with Gasteiger partial charge in [-0.2, -0.15) is 0 Å². The molecule has 0 spiro atoms. The average Bonchev–Trinajstić information content (AvgIpc) is 2.43. The molecule has 1 aliphatic rings. The van der Waals surface area contributed by atoms with Gasteiger partial charge >= 0.3 is 12.0 Å². The largest absolute Gasteiger partial charge is 0.480 e. The minimum atomic E-state index is -0.993. The summed E-state index contributed by atoms with van der Waals surface area (Å²) in [5.41, 5.74) is 0. The molecule has 7 heteroatoms. The second-order valence-corrected chi connectivity index (χ2v) is 5.73. The summed E-state index contributed by atoms with van der Waals surface area (Å²) >= 11 is 0. The van der Waals surface area contributed by atoms with Gasteiger partial charge in [-0.3, -0.25) is 4.90 Å². The highest BCUT2D eigenvalue weighted by atomic mass is 16.5. The molecule has 0 aliphatic carbocycles. The summed E-state index contributed by atoms with van der Waals surface area (Å²) in [5, 5.41) is 14.3. The van der Waals surface area contributed by atoms with Gasteiger partial charge in [0.25, 0.3) is 0 Å². The Bertz CT molecular complexity index is 330. The minimum absolute atomic E-state index is 0.215. The maximum atomic E-state index is 11.7. The van der Waals surface area contributed by atoms with Crippen molar-refractivity contribution in [3.8, 4) is 0 Å². The first-order valence-corrected chi connectivity index (χ1v) is 7.56. The lowest BCUT2D eigenvalue weighted by molar-refractivity contribution is -0.139. The summed E-state index contributed by atoms with van der Waals surface area (Å²) < 4.78 is 5.26. The predicted octanol–water partition coefficient (Wildman–Crippen LogP) is 0.507. The SMILES string of the molecule is CC(C)C[C@@H](NC(=O)NCCCN1CCOCC1)C(=O)O. The van der Waals surface area contributed by atoms with Gasteiger partial charge in [0.05, 0.1) is 13.2 Å². The van der Waals surface area contributed by atoms with Gasteiger partial charge in [-0.1, -0.05) is 13.8 Å². The van der Waals surface area contributed by atoms with Crippen molar-refractivity contribution < 1.29 is 19.4 Å². The number of amides is 2. The van der Waals surface area contributed by atoms with Gasteiger partial charge in [-0.25, -0.2) is 9.59 Å². The summed E-state index contributed by atoms with van der Waals surface area (Å²) in [5.74, 6) is -0.778. The number of nitrogens with zero attached hydrogens (tertiary/aromatic N) is 1. The third-order valence-corrected chi connectivity index (χ3v) is 3.35. The van der Waals surface area contributed by atoms with Crippen LogP contribution in [0.1, 0.15) is 26.7 Å². The smallest absolute Gasteiger partial charge is 0.326 e. The first-order chi connectivity index (χ1) is 9.99. The van der Waals surface area contributed by atoms with E-state index in [0.717, 1.165) is 39.3 Å². The van der Waals surface area contributed by atoms with E-state index in [4.69, 9.17) is 9.84 Å². The first kappa shape index (κ1) is 17.7. The standard InChI is InChI=1S/C14H27N3O4/c1-11(2)10-12(13(18)19)16-14(20)15-4-3-5-17-6-8-21-9-7-17/h11-12H,3-10H2,1-2H3,(H,18,19)(H2,15,16,20)/t12-/m1/s1. The number of nitrogens with one attached hydrogen (secondary N) is 2. The van der Waals surface area contributed by atoms with E-state index in [0.29, 0.717) is 13.0 Å². The minimum Gasteiger partial charge on any atom is -0.480 e. The molecule has 1 fully saturated rings. The van der Waals surface area contributed by atoms with Gasteiger partial charge in [-0.05, 0) is 25.3 Å². The number of carboxylic acids is 1. The number of urea groups is 1. The molecule has 3 N–H and O–H groups in total. The van der Waals surface area contributed by atoms with E-state index in [1.54, 1.807) is 0 Å². The number of carboxylic acid groups (broad SMARTS) is 1.